The van der Waals surface area contributed by atoms with Crippen LogP contribution in [-0.4, -0.2) is 12.1 Å². The van der Waals surface area contributed by atoms with E-state index in [2.05, 4.69) is 31.3 Å². The van der Waals surface area contributed by atoms with Crippen molar-refractivity contribution in [2.45, 2.75) is 58.0 Å². The summed E-state index contributed by atoms with van der Waals surface area (Å²) in [5.41, 5.74) is 2.90. The van der Waals surface area contributed by atoms with Gasteiger partial charge < -0.3 is 5.32 Å². The smallest absolute Gasteiger partial charge is 0.0408 e. The van der Waals surface area contributed by atoms with Gasteiger partial charge in [-0.15, -0.1) is 0 Å². The number of fused-ring (bicyclic) bond motifs is 1. The molecule has 2 unspecified atom stereocenters. The van der Waals surface area contributed by atoms with Crippen LogP contribution >= 0.6 is 11.6 Å². The molecule has 94 valence electrons. The Labute approximate surface area is 110 Å². The van der Waals surface area contributed by atoms with Crippen molar-refractivity contribution in [2.24, 2.45) is 0 Å². The van der Waals surface area contributed by atoms with Gasteiger partial charge in [0.15, 0.2) is 0 Å². The summed E-state index contributed by atoms with van der Waals surface area (Å²) in [4.78, 5) is 0. The standard InChI is InChI=1S/C15H22ClN/c1-3-5-14(4-2)17-15-9-11-6-7-13(16)8-12(11)10-15/h6-8,14-15,17H,3-5,9-10H2,1-2H3. The first kappa shape index (κ1) is 12.9. The minimum absolute atomic E-state index is 0.611. The highest BCUT2D eigenvalue weighted by atomic mass is 35.5. The molecule has 1 N–H and O–H groups in total. The molecule has 1 aliphatic rings. The maximum atomic E-state index is 6.03. The predicted octanol–water partition coefficient (Wildman–Crippen LogP) is 3.98. The molecule has 1 aromatic carbocycles. The van der Waals surface area contributed by atoms with Crippen molar-refractivity contribution in [1.82, 2.24) is 5.32 Å². The molecule has 0 fully saturated rings. The van der Waals surface area contributed by atoms with Crippen molar-refractivity contribution in [3.63, 3.8) is 0 Å². The van der Waals surface area contributed by atoms with Crippen LogP contribution in [0.4, 0.5) is 0 Å². The monoisotopic (exact) mass is 251 g/mol. The number of benzene rings is 1. The van der Waals surface area contributed by atoms with Crippen molar-refractivity contribution in [3.05, 3.63) is 34.3 Å². The van der Waals surface area contributed by atoms with Crippen molar-refractivity contribution < 1.29 is 0 Å². The molecule has 0 heterocycles. The Bertz CT molecular complexity index is 375. The number of hydrogen-bond acceptors (Lipinski definition) is 1. The van der Waals surface area contributed by atoms with Crippen molar-refractivity contribution in [1.29, 1.82) is 0 Å². The van der Waals surface area contributed by atoms with Gasteiger partial charge in [0.1, 0.15) is 0 Å². The molecule has 0 saturated carbocycles. The Morgan fingerprint density at radius 1 is 1.29 bits per heavy atom. The summed E-state index contributed by atoms with van der Waals surface area (Å²) in [6.45, 7) is 4.53. The Balaban J connectivity index is 1.95. The minimum atomic E-state index is 0.611. The molecule has 1 nitrogen and oxygen atoms in total. The number of hydrogen-bond donors (Lipinski definition) is 1. The van der Waals surface area contributed by atoms with E-state index < -0.39 is 0 Å². The number of nitrogens with one attached hydrogen (secondary N) is 1. The zero-order valence-electron chi connectivity index (χ0n) is 10.8. The van der Waals surface area contributed by atoms with Crippen LogP contribution in [0.1, 0.15) is 44.2 Å². The van der Waals surface area contributed by atoms with E-state index >= 15 is 0 Å². The van der Waals surface area contributed by atoms with E-state index in [0.717, 1.165) is 17.9 Å². The normalized spacial score (nSPS) is 20.3. The zero-order valence-corrected chi connectivity index (χ0v) is 11.6. The van der Waals surface area contributed by atoms with E-state index in [1.807, 2.05) is 6.07 Å². The van der Waals surface area contributed by atoms with Gasteiger partial charge >= 0.3 is 0 Å². The fraction of sp³-hybridized carbons (Fsp3) is 0.600. The van der Waals surface area contributed by atoms with Crippen molar-refractivity contribution in [3.8, 4) is 0 Å². The second-order valence-corrected chi connectivity index (χ2v) is 5.52. The molecule has 0 aliphatic heterocycles. The summed E-state index contributed by atoms with van der Waals surface area (Å²) in [5, 5.41) is 4.66. The number of halogens is 1. The minimum Gasteiger partial charge on any atom is -0.311 e. The fourth-order valence-corrected chi connectivity index (χ4v) is 2.99. The zero-order chi connectivity index (χ0) is 12.3. The van der Waals surface area contributed by atoms with E-state index in [1.54, 1.807) is 0 Å². The van der Waals surface area contributed by atoms with Gasteiger partial charge in [-0.25, -0.2) is 0 Å². The van der Waals surface area contributed by atoms with Gasteiger partial charge in [0.05, 0.1) is 0 Å². The van der Waals surface area contributed by atoms with Crippen LogP contribution in [-0.2, 0) is 12.8 Å². The second kappa shape index (κ2) is 5.88. The second-order valence-electron chi connectivity index (χ2n) is 5.08. The van der Waals surface area contributed by atoms with E-state index in [0.29, 0.717) is 12.1 Å². The lowest BCUT2D eigenvalue weighted by molar-refractivity contribution is 0.402. The lowest BCUT2D eigenvalue weighted by Crippen LogP contribution is -2.38. The third kappa shape index (κ3) is 3.23. The summed E-state index contributed by atoms with van der Waals surface area (Å²) in [6.07, 6.45) is 6.06. The molecule has 17 heavy (non-hydrogen) atoms. The molecule has 0 aromatic heterocycles. The highest BCUT2D eigenvalue weighted by Crippen LogP contribution is 2.25. The first-order valence-corrected chi connectivity index (χ1v) is 7.14. The van der Waals surface area contributed by atoms with Crippen molar-refractivity contribution in [2.75, 3.05) is 0 Å². The van der Waals surface area contributed by atoms with Crippen LogP contribution < -0.4 is 5.32 Å². The molecule has 0 radical (unpaired) electrons. The maximum absolute atomic E-state index is 6.03. The average molecular weight is 252 g/mol. The molecule has 1 aliphatic carbocycles. The molecule has 2 atom stereocenters. The van der Waals surface area contributed by atoms with Gasteiger partial charge in [-0.3, -0.25) is 0 Å². The Morgan fingerprint density at radius 2 is 2.06 bits per heavy atom. The van der Waals surface area contributed by atoms with Crippen LogP contribution in [0, 0.1) is 0 Å². The molecule has 2 heteroatoms. The van der Waals surface area contributed by atoms with Gasteiger partial charge in [-0.2, -0.15) is 0 Å². The number of rotatable bonds is 5. The molecule has 0 spiro atoms. The summed E-state index contributed by atoms with van der Waals surface area (Å²) in [5.74, 6) is 0. The SMILES string of the molecule is CCCC(CC)NC1Cc2ccc(Cl)cc2C1. The molecule has 0 saturated heterocycles. The van der Waals surface area contributed by atoms with E-state index in [1.165, 1.54) is 30.4 Å². The molecular formula is C15H22ClN. The highest BCUT2D eigenvalue weighted by molar-refractivity contribution is 6.30. The maximum Gasteiger partial charge on any atom is 0.0408 e. The van der Waals surface area contributed by atoms with Crippen LogP contribution in [0.3, 0.4) is 0 Å². The quantitative estimate of drug-likeness (QED) is 0.835. The third-order valence-electron chi connectivity index (χ3n) is 3.70. The van der Waals surface area contributed by atoms with Gasteiger partial charge in [0, 0.05) is 17.1 Å². The van der Waals surface area contributed by atoms with Gasteiger partial charge in [-0.05, 0) is 48.9 Å². The van der Waals surface area contributed by atoms with Gasteiger partial charge in [0.2, 0.25) is 0 Å². The topological polar surface area (TPSA) is 12.0 Å². The third-order valence-corrected chi connectivity index (χ3v) is 3.94. The molecule has 1 aromatic rings. The molecule has 0 bridgehead atoms. The Morgan fingerprint density at radius 3 is 2.76 bits per heavy atom. The summed E-state index contributed by atoms with van der Waals surface area (Å²) >= 11 is 6.03. The van der Waals surface area contributed by atoms with E-state index in [4.69, 9.17) is 11.6 Å². The lowest BCUT2D eigenvalue weighted by Gasteiger charge is -2.21. The Hall–Kier alpha value is -0.530. The summed E-state index contributed by atoms with van der Waals surface area (Å²) < 4.78 is 0. The van der Waals surface area contributed by atoms with Crippen molar-refractivity contribution >= 4 is 11.6 Å². The van der Waals surface area contributed by atoms with Gasteiger partial charge in [0.25, 0.3) is 0 Å². The van der Waals surface area contributed by atoms with E-state index in [9.17, 15) is 0 Å². The lowest BCUT2D eigenvalue weighted by atomic mass is 10.1. The molecule has 0 amide bonds. The van der Waals surface area contributed by atoms with Crippen LogP contribution in [0.15, 0.2) is 18.2 Å². The first-order valence-electron chi connectivity index (χ1n) is 6.76. The molecule has 2 rings (SSSR count). The first-order chi connectivity index (χ1) is 8.22. The molecular weight excluding hydrogens is 230 g/mol. The Kier molecular flexibility index (Phi) is 4.47. The van der Waals surface area contributed by atoms with Gasteiger partial charge in [-0.1, -0.05) is 37.9 Å². The summed E-state index contributed by atoms with van der Waals surface area (Å²) in [7, 11) is 0. The fourth-order valence-electron chi connectivity index (χ4n) is 2.79. The predicted molar refractivity (Wildman–Crippen MR) is 74.8 cm³/mol. The van der Waals surface area contributed by atoms with Crippen LogP contribution in [0.2, 0.25) is 5.02 Å². The summed E-state index contributed by atoms with van der Waals surface area (Å²) in [6, 6.07) is 7.60. The van der Waals surface area contributed by atoms with Crippen LogP contribution in [0.25, 0.3) is 0 Å². The highest BCUT2D eigenvalue weighted by Gasteiger charge is 2.22. The average Bonchev–Trinajstić information content (AvgIpc) is 2.69. The van der Waals surface area contributed by atoms with E-state index in [-0.39, 0.29) is 0 Å². The largest absolute Gasteiger partial charge is 0.311 e. The van der Waals surface area contributed by atoms with Crippen LogP contribution in [0.5, 0.6) is 0 Å².